The highest BCUT2D eigenvalue weighted by Crippen LogP contribution is 2.24. The lowest BCUT2D eigenvalue weighted by atomic mass is 10.1. The van der Waals surface area contributed by atoms with Crippen molar-refractivity contribution in [3.63, 3.8) is 0 Å². The molecule has 0 amide bonds. The number of aromatic nitrogens is 2. The Hall–Kier alpha value is -1.99. The van der Waals surface area contributed by atoms with E-state index in [-0.39, 0.29) is 6.10 Å². The van der Waals surface area contributed by atoms with Crippen LogP contribution in [0.15, 0.2) is 41.7 Å². The summed E-state index contributed by atoms with van der Waals surface area (Å²) in [5.41, 5.74) is 2.07. The Bertz CT molecular complexity index is 801. The van der Waals surface area contributed by atoms with Crippen LogP contribution in [0.4, 0.5) is 0 Å². The second kappa shape index (κ2) is 6.86. The summed E-state index contributed by atoms with van der Waals surface area (Å²) < 4.78 is 32.9. The van der Waals surface area contributed by atoms with E-state index in [4.69, 9.17) is 4.74 Å². The average Bonchev–Trinajstić information content (AvgIpc) is 2.58. The molecular formula is C17H21N3O3S. The Morgan fingerprint density at radius 1 is 1.12 bits per heavy atom. The maximum absolute atomic E-state index is 12.8. The molecule has 0 spiro atoms. The first-order chi connectivity index (χ1) is 11.5. The predicted molar refractivity (Wildman–Crippen MR) is 90.4 cm³/mol. The molecule has 0 radical (unpaired) electrons. The molecule has 0 bridgehead atoms. The molecule has 1 saturated heterocycles. The molecule has 2 heterocycles. The number of sulfonamides is 1. The van der Waals surface area contributed by atoms with E-state index in [2.05, 4.69) is 9.97 Å². The molecule has 128 valence electrons. The average molecular weight is 347 g/mol. The molecular weight excluding hydrogens is 326 g/mol. The molecule has 3 rings (SSSR count). The van der Waals surface area contributed by atoms with Gasteiger partial charge in [0.2, 0.25) is 15.9 Å². The first-order valence-electron chi connectivity index (χ1n) is 7.97. The maximum atomic E-state index is 12.8. The fourth-order valence-electron chi connectivity index (χ4n) is 2.73. The maximum Gasteiger partial charge on any atom is 0.243 e. The van der Waals surface area contributed by atoms with Crippen LogP contribution in [0.5, 0.6) is 5.88 Å². The van der Waals surface area contributed by atoms with Gasteiger partial charge in [0.05, 0.1) is 4.90 Å². The second-order valence-corrected chi connectivity index (χ2v) is 7.95. The summed E-state index contributed by atoms with van der Waals surface area (Å²) in [5, 5.41) is 0. The van der Waals surface area contributed by atoms with Crippen molar-refractivity contribution in [2.24, 2.45) is 0 Å². The number of aryl methyl sites for hydroxylation is 2. The van der Waals surface area contributed by atoms with Gasteiger partial charge in [-0.05, 0) is 49.9 Å². The van der Waals surface area contributed by atoms with Crippen LogP contribution in [-0.4, -0.2) is 41.9 Å². The fourth-order valence-corrected chi connectivity index (χ4v) is 4.29. The van der Waals surface area contributed by atoms with Gasteiger partial charge in [-0.3, -0.25) is 0 Å². The molecule has 0 unspecified atom stereocenters. The smallest absolute Gasteiger partial charge is 0.243 e. The lowest BCUT2D eigenvalue weighted by Gasteiger charge is -2.31. The van der Waals surface area contributed by atoms with Crippen molar-refractivity contribution in [3.8, 4) is 5.88 Å². The van der Waals surface area contributed by atoms with Gasteiger partial charge in [-0.25, -0.2) is 18.4 Å². The molecule has 24 heavy (non-hydrogen) atoms. The third-order valence-electron chi connectivity index (χ3n) is 4.36. The van der Waals surface area contributed by atoms with Gasteiger partial charge in [0.1, 0.15) is 12.4 Å². The quantitative estimate of drug-likeness (QED) is 0.849. The van der Waals surface area contributed by atoms with Crippen LogP contribution in [0.2, 0.25) is 0 Å². The zero-order valence-corrected chi connectivity index (χ0v) is 14.7. The van der Waals surface area contributed by atoms with E-state index >= 15 is 0 Å². The molecule has 1 aromatic carbocycles. The highest BCUT2D eigenvalue weighted by atomic mass is 32.2. The Labute approximate surface area is 142 Å². The molecule has 2 aromatic rings. The number of rotatable bonds is 4. The van der Waals surface area contributed by atoms with Gasteiger partial charge in [0, 0.05) is 25.4 Å². The minimum Gasteiger partial charge on any atom is -0.474 e. The van der Waals surface area contributed by atoms with Gasteiger partial charge in [-0.15, -0.1) is 0 Å². The highest BCUT2D eigenvalue weighted by molar-refractivity contribution is 7.89. The zero-order valence-electron chi connectivity index (χ0n) is 13.8. The third kappa shape index (κ3) is 3.57. The van der Waals surface area contributed by atoms with Crippen molar-refractivity contribution < 1.29 is 13.2 Å². The number of piperidine rings is 1. The summed E-state index contributed by atoms with van der Waals surface area (Å²) in [5.74, 6) is 0.528. The van der Waals surface area contributed by atoms with Gasteiger partial charge in [-0.2, -0.15) is 4.31 Å². The summed E-state index contributed by atoms with van der Waals surface area (Å²) in [7, 11) is -3.45. The van der Waals surface area contributed by atoms with E-state index in [9.17, 15) is 8.42 Å². The third-order valence-corrected chi connectivity index (χ3v) is 6.25. The molecule has 0 atom stereocenters. The van der Waals surface area contributed by atoms with Crippen molar-refractivity contribution >= 4 is 10.0 Å². The van der Waals surface area contributed by atoms with Gasteiger partial charge in [0.25, 0.3) is 0 Å². The van der Waals surface area contributed by atoms with Crippen molar-refractivity contribution in [1.82, 2.24) is 14.3 Å². The molecule has 1 aromatic heterocycles. The Morgan fingerprint density at radius 3 is 2.50 bits per heavy atom. The van der Waals surface area contributed by atoms with E-state index in [0.29, 0.717) is 36.7 Å². The lowest BCUT2D eigenvalue weighted by Crippen LogP contribution is -2.41. The highest BCUT2D eigenvalue weighted by Gasteiger charge is 2.30. The van der Waals surface area contributed by atoms with Gasteiger partial charge >= 0.3 is 0 Å². The molecule has 1 aliphatic heterocycles. The summed E-state index contributed by atoms with van der Waals surface area (Å²) in [4.78, 5) is 8.25. The second-order valence-electron chi connectivity index (χ2n) is 6.01. The molecule has 7 heteroatoms. The minimum absolute atomic E-state index is 0.0221. The number of hydrogen-bond acceptors (Lipinski definition) is 5. The SMILES string of the molecule is Cc1ccc(S(=O)(=O)N2CCC(Oc3ccncn3)CC2)cc1C. The van der Waals surface area contributed by atoms with Crippen LogP contribution in [0.25, 0.3) is 0 Å². The minimum atomic E-state index is -3.45. The van der Waals surface area contributed by atoms with E-state index in [1.54, 1.807) is 24.4 Å². The molecule has 1 aliphatic rings. The monoisotopic (exact) mass is 347 g/mol. The number of hydrogen-bond donors (Lipinski definition) is 0. The number of benzene rings is 1. The first-order valence-corrected chi connectivity index (χ1v) is 9.41. The largest absolute Gasteiger partial charge is 0.474 e. The van der Waals surface area contributed by atoms with Crippen molar-refractivity contribution in [1.29, 1.82) is 0 Å². The zero-order chi connectivity index (χ0) is 17.2. The molecule has 0 saturated carbocycles. The number of ether oxygens (including phenoxy) is 1. The van der Waals surface area contributed by atoms with E-state index in [1.807, 2.05) is 19.9 Å². The van der Waals surface area contributed by atoms with E-state index in [1.165, 1.54) is 10.6 Å². The Morgan fingerprint density at radius 2 is 1.88 bits per heavy atom. The van der Waals surface area contributed by atoms with Crippen molar-refractivity contribution in [2.75, 3.05) is 13.1 Å². The molecule has 1 fully saturated rings. The summed E-state index contributed by atoms with van der Waals surface area (Å²) in [6.07, 6.45) is 4.34. The summed E-state index contributed by atoms with van der Waals surface area (Å²) >= 11 is 0. The fraction of sp³-hybridized carbons (Fsp3) is 0.412. The van der Waals surface area contributed by atoms with Crippen LogP contribution >= 0.6 is 0 Å². The van der Waals surface area contributed by atoms with Crippen LogP contribution in [0.3, 0.4) is 0 Å². The Kier molecular flexibility index (Phi) is 4.82. The first kappa shape index (κ1) is 16.9. The van der Waals surface area contributed by atoms with E-state index in [0.717, 1.165) is 11.1 Å². The summed E-state index contributed by atoms with van der Waals surface area (Å²) in [6.45, 7) is 4.80. The molecule has 0 N–H and O–H groups in total. The van der Waals surface area contributed by atoms with Gasteiger partial charge in [-0.1, -0.05) is 6.07 Å². The van der Waals surface area contributed by atoms with Crippen LogP contribution in [-0.2, 0) is 10.0 Å². The molecule has 6 nitrogen and oxygen atoms in total. The standard InChI is InChI=1S/C17H21N3O3S/c1-13-3-4-16(11-14(13)2)24(21,22)20-9-6-15(7-10-20)23-17-5-8-18-12-19-17/h3-5,8,11-12,15H,6-7,9-10H2,1-2H3. The predicted octanol–water partition coefficient (Wildman–Crippen LogP) is 2.33. The normalized spacial score (nSPS) is 16.9. The van der Waals surface area contributed by atoms with Crippen LogP contribution in [0.1, 0.15) is 24.0 Å². The lowest BCUT2D eigenvalue weighted by molar-refractivity contribution is 0.129. The van der Waals surface area contributed by atoms with Crippen LogP contribution < -0.4 is 4.74 Å². The van der Waals surface area contributed by atoms with Crippen molar-refractivity contribution in [3.05, 3.63) is 47.9 Å². The summed E-state index contributed by atoms with van der Waals surface area (Å²) in [6, 6.07) is 6.99. The van der Waals surface area contributed by atoms with E-state index < -0.39 is 10.0 Å². The topological polar surface area (TPSA) is 72.4 Å². The van der Waals surface area contributed by atoms with Gasteiger partial charge < -0.3 is 4.74 Å². The molecule has 0 aliphatic carbocycles. The van der Waals surface area contributed by atoms with Crippen molar-refractivity contribution in [2.45, 2.75) is 37.7 Å². The van der Waals surface area contributed by atoms with Gasteiger partial charge in [0.15, 0.2) is 0 Å². The van der Waals surface area contributed by atoms with Crippen LogP contribution in [0, 0.1) is 13.8 Å². The Balaban J connectivity index is 1.66. The number of nitrogens with zero attached hydrogens (tertiary/aromatic N) is 3.